The highest BCUT2D eigenvalue weighted by Gasteiger charge is 2.32. The summed E-state index contributed by atoms with van der Waals surface area (Å²) in [4.78, 5) is 28.3. The van der Waals surface area contributed by atoms with Crippen molar-refractivity contribution in [2.45, 2.75) is 64.6 Å². The first-order valence-corrected chi connectivity index (χ1v) is 10.9. The molecule has 0 saturated carbocycles. The minimum Gasteiger partial charge on any atom is -0.345 e. The Morgan fingerprint density at radius 2 is 1.90 bits per heavy atom. The summed E-state index contributed by atoms with van der Waals surface area (Å²) in [5.74, 6) is -0.0606. The molecule has 0 radical (unpaired) electrons. The lowest BCUT2D eigenvalue weighted by atomic mass is 10.0. The fourth-order valence-corrected chi connectivity index (χ4v) is 4.67. The molecule has 0 spiro atoms. The van der Waals surface area contributed by atoms with Crippen LogP contribution in [0.3, 0.4) is 0 Å². The van der Waals surface area contributed by atoms with Crippen LogP contribution in [0.5, 0.6) is 0 Å². The standard InChI is InChI=1S/C23H28ClN3O2/c1-15-6-5-13-26(15)23(29)21-14-19(20-7-3-4-12-27(20)21)22(28)25-16(2)17-8-10-18(24)11-9-17/h8-11,14-16H,3-7,12-13H2,1-2H3,(H,25,28). The fourth-order valence-electron chi connectivity index (χ4n) is 4.54. The van der Waals surface area contributed by atoms with E-state index in [4.69, 9.17) is 11.6 Å². The number of halogens is 1. The zero-order chi connectivity index (χ0) is 20.5. The minimum atomic E-state index is -0.142. The molecule has 0 bridgehead atoms. The van der Waals surface area contributed by atoms with E-state index in [-0.39, 0.29) is 23.9 Å². The van der Waals surface area contributed by atoms with Crippen LogP contribution in [-0.2, 0) is 13.0 Å². The molecule has 1 aromatic carbocycles. The number of carbonyl (C=O) groups is 2. The van der Waals surface area contributed by atoms with Crippen molar-refractivity contribution in [1.29, 1.82) is 0 Å². The second-order valence-corrected chi connectivity index (χ2v) is 8.67. The molecule has 2 unspecified atom stereocenters. The molecule has 154 valence electrons. The first-order valence-electron chi connectivity index (χ1n) is 10.6. The molecule has 1 N–H and O–H groups in total. The van der Waals surface area contributed by atoms with Crippen molar-refractivity contribution >= 4 is 23.4 Å². The summed E-state index contributed by atoms with van der Waals surface area (Å²) in [7, 11) is 0. The maximum Gasteiger partial charge on any atom is 0.270 e. The predicted octanol–water partition coefficient (Wildman–Crippen LogP) is 4.59. The molecule has 3 heterocycles. The maximum atomic E-state index is 13.2. The normalized spacial score (nSPS) is 19.7. The number of hydrogen-bond donors (Lipinski definition) is 1. The van der Waals surface area contributed by atoms with E-state index < -0.39 is 0 Å². The fraction of sp³-hybridized carbons (Fsp3) is 0.478. The number of nitrogens with zero attached hydrogens (tertiary/aromatic N) is 2. The summed E-state index contributed by atoms with van der Waals surface area (Å²) in [6.45, 7) is 5.67. The van der Waals surface area contributed by atoms with Gasteiger partial charge in [-0.05, 0) is 69.7 Å². The van der Waals surface area contributed by atoms with E-state index in [1.165, 1.54) is 0 Å². The van der Waals surface area contributed by atoms with Gasteiger partial charge in [-0.2, -0.15) is 0 Å². The van der Waals surface area contributed by atoms with Gasteiger partial charge >= 0.3 is 0 Å². The Bertz CT molecular complexity index is 919. The van der Waals surface area contributed by atoms with E-state index >= 15 is 0 Å². The van der Waals surface area contributed by atoms with Gasteiger partial charge in [0.2, 0.25) is 0 Å². The number of hydrogen-bond acceptors (Lipinski definition) is 2. The van der Waals surface area contributed by atoms with Crippen molar-refractivity contribution < 1.29 is 9.59 Å². The SMILES string of the molecule is CC(NC(=O)c1cc(C(=O)N2CCCC2C)n2c1CCCC2)c1ccc(Cl)cc1. The number of likely N-dealkylation sites (tertiary alicyclic amines) is 1. The minimum absolute atomic E-state index is 0.0583. The van der Waals surface area contributed by atoms with Crippen molar-refractivity contribution in [2.24, 2.45) is 0 Å². The van der Waals surface area contributed by atoms with Crippen molar-refractivity contribution in [2.75, 3.05) is 6.54 Å². The summed E-state index contributed by atoms with van der Waals surface area (Å²) in [5, 5.41) is 3.77. The van der Waals surface area contributed by atoms with Crippen molar-refractivity contribution in [3.8, 4) is 0 Å². The van der Waals surface area contributed by atoms with Crippen LogP contribution < -0.4 is 5.32 Å². The Balaban J connectivity index is 1.60. The van der Waals surface area contributed by atoms with Crippen LogP contribution in [0.25, 0.3) is 0 Å². The van der Waals surface area contributed by atoms with E-state index in [1.54, 1.807) is 0 Å². The van der Waals surface area contributed by atoms with Crippen LogP contribution in [0, 0.1) is 0 Å². The van der Waals surface area contributed by atoms with Crippen LogP contribution in [0.15, 0.2) is 30.3 Å². The van der Waals surface area contributed by atoms with Crippen LogP contribution in [0.1, 0.15) is 77.7 Å². The largest absolute Gasteiger partial charge is 0.345 e. The lowest BCUT2D eigenvalue weighted by Crippen LogP contribution is -2.35. The number of rotatable bonds is 4. The van der Waals surface area contributed by atoms with Crippen molar-refractivity contribution in [3.05, 3.63) is 57.9 Å². The Morgan fingerprint density at radius 3 is 2.59 bits per heavy atom. The number of nitrogens with one attached hydrogen (secondary N) is 1. The lowest BCUT2D eigenvalue weighted by Gasteiger charge is -2.24. The molecule has 2 amide bonds. The van der Waals surface area contributed by atoms with Gasteiger partial charge in [-0.3, -0.25) is 9.59 Å². The molecular formula is C23H28ClN3O2. The summed E-state index contributed by atoms with van der Waals surface area (Å²) in [6.07, 6.45) is 5.02. The zero-order valence-corrected chi connectivity index (χ0v) is 17.8. The molecule has 2 aliphatic heterocycles. The Morgan fingerprint density at radius 1 is 1.14 bits per heavy atom. The lowest BCUT2D eigenvalue weighted by molar-refractivity contribution is 0.0735. The summed E-state index contributed by atoms with van der Waals surface area (Å²) in [6, 6.07) is 9.44. The van der Waals surface area contributed by atoms with Gasteiger partial charge in [-0.25, -0.2) is 0 Å². The highest BCUT2D eigenvalue weighted by Crippen LogP contribution is 2.28. The molecule has 1 saturated heterocycles. The molecule has 6 heteroatoms. The predicted molar refractivity (Wildman–Crippen MR) is 114 cm³/mol. The summed E-state index contributed by atoms with van der Waals surface area (Å²) >= 11 is 5.97. The molecule has 1 aromatic heterocycles. The molecule has 2 atom stereocenters. The van der Waals surface area contributed by atoms with E-state index in [0.717, 1.165) is 56.5 Å². The topological polar surface area (TPSA) is 54.3 Å². The third-order valence-electron chi connectivity index (χ3n) is 6.25. The Kier molecular flexibility index (Phi) is 5.68. The van der Waals surface area contributed by atoms with E-state index in [1.807, 2.05) is 42.2 Å². The summed E-state index contributed by atoms with van der Waals surface area (Å²) in [5.41, 5.74) is 3.30. The molecule has 2 aromatic rings. The third kappa shape index (κ3) is 3.93. The smallest absolute Gasteiger partial charge is 0.270 e. The molecule has 2 aliphatic rings. The molecule has 5 nitrogen and oxygen atoms in total. The van der Waals surface area contributed by atoms with Gasteiger partial charge < -0.3 is 14.8 Å². The summed E-state index contributed by atoms with van der Waals surface area (Å²) < 4.78 is 2.08. The quantitative estimate of drug-likeness (QED) is 0.796. The Labute approximate surface area is 177 Å². The van der Waals surface area contributed by atoms with Gasteiger partial charge in [-0.1, -0.05) is 23.7 Å². The number of carbonyl (C=O) groups excluding carboxylic acids is 2. The highest BCUT2D eigenvalue weighted by molar-refractivity contribution is 6.30. The van der Waals surface area contributed by atoms with Crippen LogP contribution >= 0.6 is 11.6 Å². The average Bonchev–Trinajstić information content (AvgIpc) is 3.32. The van der Waals surface area contributed by atoms with Gasteiger partial charge in [0.1, 0.15) is 5.69 Å². The van der Waals surface area contributed by atoms with Crippen molar-refractivity contribution in [3.63, 3.8) is 0 Å². The molecular weight excluding hydrogens is 386 g/mol. The van der Waals surface area contributed by atoms with E-state index in [0.29, 0.717) is 16.3 Å². The van der Waals surface area contributed by atoms with Gasteiger partial charge in [0.15, 0.2) is 0 Å². The first kappa shape index (κ1) is 20.0. The molecule has 0 aliphatic carbocycles. The Hall–Kier alpha value is -2.27. The van der Waals surface area contributed by atoms with Crippen LogP contribution in [0.4, 0.5) is 0 Å². The van der Waals surface area contributed by atoms with Gasteiger partial charge in [0, 0.05) is 29.8 Å². The highest BCUT2D eigenvalue weighted by atomic mass is 35.5. The monoisotopic (exact) mass is 413 g/mol. The molecule has 1 fully saturated rings. The first-order chi connectivity index (χ1) is 14.0. The van der Waals surface area contributed by atoms with Gasteiger partial charge in [0.05, 0.1) is 11.6 Å². The van der Waals surface area contributed by atoms with Crippen LogP contribution in [-0.4, -0.2) is 33.9 Å². The second kappa shape index (κ2) is 8.23. The van der Waals surface area contributed by atoms with Gasteiger partial charge in [0.25, 0.3) is 11.8 Å². The number of benzene rings is 1. The zero-order valence-electron chi connectivity index (χ0n) is 17.1. The van der Waals surface area contributed by atoms with Crippen molar-refractivity contribution in [1.82, 2.24) is 14.8 Å². The number of aromatic nitrogens is 1. The van der Waals surface area contributed by atoms with E-state index in [9.17, 15) is 9.59 Å². The van der Waals surface area contributed by atoms with Crippen LogP contribution in [0.2, 0.25) is 5.02 Å². The van der Waals surface area contributed by atoms with E-state index in [2.05, 4.69) is 16.8 Å². The van der Waals surface area contributed by atoms with Gasteiger partial charge in [-0.15, -0.1) is 0 Å². The molecule has 4 rings (SSSR count). The average molecular weight is 414 g/mol. The number of fused-ring (bicyclic) bond motifs is 1. The second-order valence-electron chi connectivity index (χ2n) is 8.24. The number of amides is 2. The molecule has 29 heavy (non-hydrogen) atoms. The maximum absolute atomic E-state index is 13.2. The third-order valence-corrected chi connectivity index (χ3v) is 6.50.